The van der Waals surface area contributed by atoms with Crippen LogP contribution in [-0.2, 0) is 11.3 Å². The van der Waals surface area contributed by atoms with Crippen LogP contribution in [-0.4, -0.2) is 43.5 Å². The molecule has 2 aromatic carbocycles. The van der Waals surface area contributed by atoms with Crippen molar-refractivity contribution >= 4 is 28.4 Å². The summed E-state index contributed by atoms with van der Waals surface area (Å²) in [7, 11) is 0. The Morgan fingerprint density at radius 2 is 2.03 bits per heavy atom. The number of benzene rings is 2. The highest BCUT2D eigenvalue weighted by atomic mass is 32.2. The molecule has 0 spiro atoms. The van der Waals surface area contributed by atoms with E-state index in [1.807, 2.05) is 56.4 Å². The number of hydrogen-bond donors (Lipinski definition) is 1. The molecule has 0 bridgehead atoms. The molecule has 164 valence electrons. The first-order valence-electron chi connectivity index (χ1n) is 11.0. The van der Waals surface area contributed by atoms with Gasteiger partial charge in [-0.3, -0.25) is 9.36 Å². The van der Waals surface area contributed by atoms with Gasteiger partial charge in [0.2, 0.25) is 0 Å². The van der Waals surface area contributed by atoms with Crippen molar-refractivity contribution in [3.05, 3.63) is 65.9 Å². The van der Waals surface area contributed by atoms with E-state index in [0.29, 0.717) is 6.54 Å². The molecule has 0 aliphatic carbocycles. The van der Waals surface area contributed by atoms with Gasteiger partial charge in [0.25, 0.3) is 0 Å². The summed E-state index contributed by atoms with van der Waals surface area (Å²) in [6, 6.07) is 15.9. The molecule has 0 saturated carbocycles. The third-order valence-corrected chi connectivity index (χ3v) is 7.03. The Bertz CT molecular complexity index is 1240. The van der Waals surface area contributed by atoms with E-state index in [2.05, 4.69) is 31.9 Å². The normalized spacial score (nSPS) is 17.1. The third-order valence-electron chi connectivity index (χ3n) is 5.94. The monoisotopic (exact) mass is 446 g/mol. The molecule has 0 amide bonds. The van der Waals surface area contributed by atoms with Crippen molar-refractivity contribution in [2.24, 2.45) is 0 Å². The Hall–Kier alpha value is -2.90. The van der Waals surface area contributed by atoms with Crippen LogP contribution in [0.3, 0.4) is 0 Å². The van der Waals surface area contributed by atoms with Crippen molar-refractivity contribution in [2.75, 3.05) is 6.61 Å². The van der Waals surface area contributed by atoms with Gasteiger partial charge < -0.3 is 9.72 Å². The van der Waals surface area contributed by atoms with Gasteiger partial charge in [-0.2, -0.15) is 0 Å². The fourth-order valence-electron chi connectivity index (χ4n) is 4.15. The Morgan fingerprint density at radius 1 is 1.22 bits per heavy atom. The summed E-state index contributed by atoms with van der Waals surface area (Å²) in [5, 5.41) is 10.6. The summed E-state index contributed by atoms with van der Waals surface area (Å²) in [5.74, 6) is 0.894. The highest BCUT2D eigenvalue weighted by Gasteiger charge is 2.26. The average molecular weight is 447 g/mol. The molecule has 5 rings (SSSR count). The van der Waals surface area contributed by atoms with Crippen molar-refractivity contribution in [1.82, 2.24) is 19.7 Å². The van der Waals surface area contributed by atoms with E-state index in [0.717, 1.165) is 58.0 Å². The quantitative estimate of drug-likeness (QED) is 0.309. The largest absolute Gasteiger partial charge is 0.376 e. The molecule has 7 heteroatoms. The molecular formula is C25H26N4O2S. The minimum absolute atomic E-state index is 0.0929. The van der Waals surface area contributed by atoms with Gasteiger partial charge in [0, 0.05) is 34.8 Å². The second-order valence-corrected chi connectivity index (χ2v) is 9.60. The second-order valence-electron chi connectivity index (χ2n) is 8.29. The van der Waals surface area contributed by atoms with Crippen molar-refractivity contribution in [1.29, 1.82) is 0 Å². The van der Waals surface area contributed by atoms with Gasteiger partial charge in [0.05, 0.1) is 17.9 Å². The zero-order valence-corrected chi connectivity index (χ0v) is 19.1. The van der Waals surface area contributed by atoms with Crippen LogP contribution in [0.4, 0.5) is 0 Å². The zero-order chi connectivity index (χ0) is 22.1. The lowest BCUT2D eigenvalue weighted by atomic mass is 10.1. The van der Waals surface area contributed by atoms with Crippen LogP contribution in [0.15, 0.2) is 59.9 Å². The number of hydrogen-bond acceptors (Lipinski definition) is 5. The highest BCUT2D eigenvalue weighted by Crippen LogP contribution is 2.33. The number of nitrogens with zero attached hydrogens (tertiary/aromatic N) is 3. The van der Waals surface area contributed by atoms with Crippen molar-refractivity contribution < 1.29 is 9.53 Å². The predicted octanol–water partition coefficient (Wildman–Crippen LogP) is 5.28. The number of nitrogens with one attached hydrogen (secondary N) is 1. The molecule has 1 N–H and O–H groups in total. The minimum atomic E-state index is -0.277. The van der Waals surface area contributed by atoms with Crippen molar-refractivity contribution in [2.45, 2.75) is 49.7 Å². The fraction of sp³-hybridized carbons (Fsp3) is 0.320. The maximum Gasteiger partial charge on any atom is 0.192 e. The smallest absolute Gasteiger partial charge is 0.192 e. The Labute approximate surface area is 191 Å². The predicted molar refractivity (Wildman–Crippen MR) is 127 cm³/mol. The van der Waals surface area contributed by atoms with Crippen LogP contribution < -0.4 is 0 Å². The molecule has 1 aliphatic rings. The lowest BCUT2D eigenvalue weighted by Gasteiger charge is -2.16. The number of Topliss-reactive ketones (excluding diaryl/α,β-unsaturated/α-hetero) is 1. The number of H-pyrrole nitrogens is 1. The number of fused-ring (bicyclic) bond motifs is 1. The lowest BCUT2D eigenvalue weighted by Crippen LogP contribution is -2.19. The molecular weight excluding hydrogens is 420 g/mol. The Balaban J connectivity index is 1.47. The molecule has 1 saturated heterocycles. The van der Waals surface area contributed by atoms with Gasteiger partial charge in [-0.1, -0.05) is 59.8 Å². The number of carbonyl (C=O) groups excluding carboxylic acids is 1. The number of aryl methyl sites for hydroxylation is 1. The molecule has 1 fully saturated rings. The van der Waals surface area contributed by atoms with Gasteiger partial charge in [-0.05, 0) is 32.8 Å². The van der Waals surface area contributed by atoms with E-state index in [4.69, 9.17) is 4.74 Å². The number of ketones is 1. The molecule has 2 unspecified atom stereocenters. The number of carbonyl (C=O) groups is 1. The number of aromatic nitrogens is 4. The van der Waals surface area contributed by atoms with Gasteiger partial charge in [0.1, 0.15) is 0 Å². The van der Waals surface area contributed by atoms with Crippen molar-refractivity contribution in [3.8, 4) is 11.4 Å². The standard InChI is InChI=1S/C25H26N4O2S/c1-16-9-11-18(12-10-16)23(30)17(2)32-25-28-27-24(29(25)15-19-6-5-13-31-19)21-14-26-22-8-4-3-7-20(21)22/h3-4,7-12,14,17,19,26H,5-6,13,15H2,1-2H3. The van der Waals surface area contributed by atoms with E-state index in [9.17, 15) is 4.79 Å². The number of rotatable bonds is 7. The lowest BCUT2D eigenvalue weighted by molar-refractivity contribution is 0.0953. The third kappa shape index (κ3) is 4.10. The van der Waals surface area contributed by atoms with Crippen LogP contribution in [0.2, 0.25) is 0 Å². The summed E-state index contributed by atoms with van der Waals surface area (Å²) < 4.78 is 8.03. The molecule has 3 heterocycles. The molecule has 2 atom stereocenters. The van der Waals surface area contributed by atoms with E-state index in [1.165, 1.54) is 11.8 Å². The second kappa shape index (κ2) is 8.92. The van der Waals surface area contributed by atoms with Gasteiger partial charge in [-0.15, -0.1) is 10.2 Å². The maximum absolute atomic E-state index is 13.0. The molecule has 32 heavy (non-hydrogen) atoms. The van der Waals surface area contributed by atoms with Crippen molar-refractivity contribution in [3.63, 3.8) is 0 Å². The first kappa shape index (κ1) is 21.0. The summed E-state index contributed by atoms with van der Waals surface area (Å²) in [4.78, 5) is 16.3. The first-order chi connectivity index (χ1) is 15.6. The molecule has 4 aromatic rings. The topological polar surface area (TPSA) is 72.8 Å². The molecule has 6 nitrogen and oxygen atoms in total. The number of aromatic amines is 1. The Kier molecular flexibility index (Phi) is 5.85. The SMILES string of the molecule is Cc1ccc(C(=O)C(C)Sc2nnc(-c3c[nH]c4ccccc34)n2CC2CCCO2)cc1. The average Bonchev–Trinajstić information content (AvgIpc) is 3.55. The van der Waals surface area contributed by atoms with Crippen LogP contribution in [0.1, 0.15) is 35.7 Å². The van der Waals surface area contributed by atoms with Crippen LogP contribution >= 0.6 is 11.8 Å². The highest BCUT2D eigenvalue weighted by molar-refractivity contribution is 8.00. The number of thioether (sulfide) groups is 1. The summed E-state index contributed by atoms with van der Waals surface area (Å²) >= 11 is 1.46. The Morgan fingerprint density at radius 3 is 2.81 bits per heavy atom. The summed E-state index contributed by atoms with van der Waals surface area (Å²) in [5.41, 5.74) is 3.93. The molecule has 2 aromatic heterocycles. The molecule has 0 radical (unpaired) electrons. The van der Waals surface area contributed by atoms with Gasteiger partial charge in [-0.25, -0.2) is 0 Å². The van der Waals surface area contributed by atoms with E-state index >= 15 is 0 Å². The number of para-hydroxylation sites is 1. The maximum atomic E-state index is 13.0. The van der Waals surface area contributed by atoms with E-state index in [1.54, 1.807) is 0 Å². The van der Waals surface area contributed by atoms with Gasteiger partial charge >= 0.3 is 0 Å². The fourth-order valence-corrected chi connectivity index (χ4v) is 5.09. The van der Waals surface area contributed by atoms with Crippen LogP contribution in [0, 0.1) is 6.92 Å². The van der Waals surface area contributed by atoms with Crippen LogP contribution in [0.5, 0.6) is 0 Å². The first-order valence-corrected chi connectivity index (χ1v) is 11.9. The van der Waals surface area contributed by atoms with Gasteiger partial charge in [0.15, 0.2) is 16.8 Å². The summed E-state index contributed by atoms with van der Waals surface area (Å²) in [6.45, 7) is 5.42. The number of ether oxygens (including phenoxy) is 1. The van der Waals surface area contributed by atoms with E-state index < -0.39 is 0 Å². The van der Waals surface area contributed by atoms with Crippen LogP contribution in [0.25, 0.3) is 22.3 Å². The minimum Gasteiger partial charge on any atom is -0.376 e. The summed E-state index contributed by atoms with van der Waals surface area (Å²) in [6.07, 6.45) is 4.21. The molecule has 1 aliphatic heterocycles. The zero-order valence-electron chi connectivity index (χ0n) is 18.2. The van der Waals surface area contributed by atoms with E-state index in [-0.39, 0.29) is 17.1 Å².